The molecule has 2 aliphatic rings. The van der Waals surface area contributed by atoms with Gasteiger partial charge in [0.2, 0.25) is 35.4 Å². The van der Waals surface area contributed by atoms with Gasteiger partial charge in [-0.25, -0.2) is 8.78 Å². The zero-order chi connectivity index (χ0) is 62.7. The van der Waals surface area contributed by atoms with E-state index in [0.29, 0.717) is 36.4 Å². The van der Waals surface area contributed by atoms with Gasteiger partial charge in [-0.2, -0.15) is 18.4 Å². The Morgan fingerprint density at radius 1 is 0.682 bits per heavy atom. The first-order chi connectivity index (χ1) is 40.2. The second-order valence-electron chi connectivity index (χ2n) is 20.3. The lowest BCUT2D eigenvalue weighted by Crippen LogP contribution is -2.49. The lowest BCUT2D eigenvalue weighted by atomic mass is 10.1. The molecule has 0 radical (unpaired) electrons. The number of nitrogens with zero attached hydrogens (tertiary/aromatic N) is 7. The summed E-state index contributed by atoms with van der Waals surface area (Å²) in [6.45, 7) is -2.10. The van der Waals surface area contributed by atoms with E-state index in [0.717, 1.165) is 9.13 Å². The van der Waals surface area contributed by atoms with Crippen LogP contribution in [0.5, 0.6) is 0 Å². The Morgan fingerprint density at radius 2 is 1.21 bits per heavy atom. The normalized spacial score (nSPS) is 16.8. The van der Waals surface area contributed by atoms with Crippen LogP contribution in [0.4, 0.5) is 22.0 Å². The summed E-state index contributed by atoms with van der Waals surface area (Å²) >= 11 is 2.20. The molecule has 2 aliphatic heterocycles. The maximum Gasteiger partial charge on any atom is 0.418 e. The zero-order valence-corrected chi connectivity index (χ0v) is 48.7. The molecule has 85 heavy (non-hydrogen) atoms. The molecule has 2 fully saturated rings. The standard InChI is InChI=1S/C53H71F5IN13O13/c54-52(55)25-38(26-60)72(34-52)46(77)29-66-50(84)39-24-37(64-28-40(39)53(56,57)58)27-65-43(74)11-12-44(75)67-41(51(85)63-15-14-62-42(73)6-3-4-35-7-9-36(59)10-8-35)5-1-2-13-61-45(76)30-68-16-18-69(31-47(78)79)20-22-71(33-49(82)83)23-21-70(19-17-68)32-48(80)81/h7-10,24,28,38,41H,1-6,11-23,25,27,29-34H2,(H,61,76)(H,62,73)(H,63,85)(H,65,74)(H,66,84)(H,67,75)(H,78,79)(H,80,81)(H,82,83)/t38-,41?/m0/s1. The maximum atomic E-state index is 13.9. The maximum absolute atomic E-state index is 13.9. The van der Waals surface area contributed by atoms with Crippen LogP contribution in [0.2, 0.25) is 0 Å². The average Bonchev–Trinajstić information content (AvgIpc) is 3.06. The number of likely N-dealkylation sites (tertiary alicyclic amines) is 1. The Balaban J connectivity index is 1.33. The zero-order valence-electron chi connectivity index (χ0n) is 46.5. The quantitative estimate of drug-likeness (QED) is 0.0284. The van der Waals surface area contributed by atoms with Crippen molar-refractivity contribution in [3.8, 4) is 6.07 Å². The number of aliphatic carboxylic acids is 3. The van der Waals surface area contributed by atoms with Gasteiger partial charge in [0.1, 0.15) is 12.1 Å². The molecule has 2 aromatic rings. The summed E-state index contributed by atoms with van der Waals surface area (Å²) in [4.78, 5) is 137. The van der Waals surface area contributed by atoms with Crippen LogP contribution < -0.4 is 31.9 Å². The predicted molar refractivity (Wildman–Crippen MR) is 299 cm³/mol. The number of halogens is 6. The summed E-state index contributed by atoms with van der Waals surface area (Å²) in [6, 6.07) is 7.45. The molecule has 1 aromatic heterocycles. The fourth-order valence-electron chi connectivity index (χ4n) is 9.04. The highest BCUT2D eigenvalue weighted by atomic mass is 127. The van der Waals surface area contributed by atoms with Gasteiger partial charge in [-0.05, 0) is 78.5 Å². The van der Waals surface area contributed by atoms with E-state index in [2.05, 4.69) is 54.2 Å². The van der Waals surface area contributed by atoms with Crippen LogP contribution >= 0.6 is 22.6 Å². The number of rotatable bonds is 30. The highest BCUT2D eigenvalue weighted by molar-refractivity contribution is 14.1. The Hall–Kier alpha value is -7.22. The fraction of sp³-hybridized carbons (Fsp3) is 0.585. The van der Waals surface area contributed by atoms with Gasteiger partial charge >= 0.3 is 24.1 Å². The number of nitriles is 1. The van der Waals surface area contributed by atoms with Gasteiger partial charge in [0.15, 0.2) is 0 Å². The molecule has 468 valence electrons. The summed E-state index contributed by atoms with van der Waals surface area (Å²) in [7, 11) is 0. The molecule has 9 N–H and O–H groups in total. The molecule has 1 unspecified atom stereocenters. The third-order valence-corrected chi connectivity index (χ3v) is 14.2. The number of hydrogen-bond donors (Lipinski definition) is 9. The smallest absolute Gasteiger partial charge is 0.418 e. The molecule has 2 saturated heterocycles. The Bertz CT molecular complexity index is 2660. The highest BCUT2D eigenvalue weighted by Gasteiger charge is 2.47. The Kier molecular flexibility index (Phi) is 29.2. The minimum absolute atomic E-state index is 0.0172. The van der Waals surface area contributed by atoms with Crippen LogP contribution in [-0.2, 0) is 62.3 Å². The van der Waals surface area contributed by atoms with E-state index in [1.807, 2.05) is 29.6 Å². The first kappa shape index (κ1) is 70.3. The number of carbonyl (C=O) groups excluding carboxylic acids is 7. The monoisotopic (exact) mass is 1320 g/mol. The van der Waals surface area contributed by atoms with Crippen molar-refractivity contribution in [1.29, 1.82) is 5.26 Å². The van der Waals surface area contributed by atoms with Crippen LogP contribution in [0.1, 0.15) is 78.5 Å². The number of carbonyl (C=O) groups is 10. The Labute approximate surface area is 500 Å². The number of unbranched alkanes of at least 4 members (excludes halogenated alkanes) is 1. The van der Waals surface area contributed by atoms with Crippen LogP contribution in [-0.4, -0.2) is 233 Å². The second kappa shape index (κ2) is 35.3. The van der Waals surface area contributed by atoms with Crippen molar-refractivity contribution in [1.82, 2.24) is 61.4 Å². The summed E-state index contributed by atoms with van der Waals surface area (Å²) in [5, 5.41) is 52.8. The number of benzene rings is 1. The molecule has 7 amide bonds. The topological polar surface area (TPSA) is 356 Å². The number of hydrogen-bond acceptors (Lipinski definition) is 16. The summed E-state index contributed by atoms with van der Waals surface area (Å²) in [5.41, 5.74) is -1.71. The van der Waals surface area contributed by atoms with E-state index in [1.165, 1.54) is 0 Å². The number of carboxylic acid groups (broad SMARTS) is 3. The molecule has 0 spiro atoms. The van der Waals surface area contributed by atoms with Gasteiger partial charge in [0, 0.05) is 107 Å². The summed E-state index contributed by atoms with van der Waals surface area (Å²) in [5.74, 6) is -12.1. The molecule has 3 heterocycles. The molecule has 4 rings (SSSR count). The SMILES string of the molecule is N#C[C@@H]1CC(F)(F)CN1C(=O)CNC(=O)c1cc(CNC(=O)CCC(=O)NC(CCCCNC(=O)CN2CCN(CC(=O)O)CCN(CC(=O)O)CCN(CC(=O)O)CC2)C(=O)NCCNC(=O)CCCc2ccc(I)cc2)ncc1C(F)(F)F. The van der Waals surface area contributed by atoms with E-state index in [9.17, 15) is 90.5 Å². The number of aryl methyl sites for hydroxylation is 1. The Morgan fingerprint density at radius 3 is 1.76 bits per heavy atom. The van der Waals surface area contributed by atoms with Crippen molar-refractivity contribution in [3.05, 3.63) is 62.5 Å². The van der Waals surface area contributed by atoms with Crippen LogP contribution in [0.25, 0.3) is 0 Å². The van der Waals surface area contributed by atoms with Gasteiger partial charge < -0.3 is 52.1 Å². The number of amides is 7. The van der Waals surface area contributed by atoms with E-state index in [-0.39, 0.29) is 129 Å². The minimum Gasteiger partial charge on any atom is -0.480 e. The molecule has 0 aliphatic carbocycles. The van der Waals surface area contributed by atoms with E-state index in [4.69, 9.17) is 0 Å². The molecule has 2 atom stereocenters. The van der Waals surface area contributed by atoms with Crippen molar-refractivity contribution < 1.29 is 85.2 Å². The van der Waals surface area contributed by atoms with Gasteiger partial charge in [0.05, 0.1) is 68.7 Å². The van der Waals surface area contributed by atoms with Gasteiger partial charge in [-0.3, -0.25) is 72.5 Å². The van der Waals surface area contributed by atoms with Crippen molar-refractivity contribution in [3.63, 3.8) is 0 Å². The van der Waals surface area contributed by atoms with Gasteiger partial charge in [0.25, 0.3) is 11.8 Å². The largest absolute Gasteiger partial charge is 0.480 e. The van der Waals surface area contributed by atoms with Gasteiger partial charge in [-0.15, -0.1) is 0 Å². The first-order valence-corrected chi connectivity index (χ1v) is 28.4. The molecule has 32 heteroatoms. The molecule has 0 bridgehead atoms. The molecular formula is C53H71F5IN13O13. The van der Waals surface area contributed by atoms with Crippen molar-refractivity contribution >= 4 is 81.8 Å². The van der Waals surface area contributed by atoms with Crippen molar-refractivity contribution in [2.24, 2.45) is 0 Å². The van der Waals surface area contributed by atoms with Crippen LogP contribution in [0.3, 0.4) is 0 Å². The summed E-state index contributed by atoms with van der Waals surface area (Å²) < 4.78 is 70.6. The van der Waals surface area contributed by atoms with Crippen LogP contribution in [0.15, 0.2) is 36.5 Å². The lowest BCUT2D eigenvalue weighted by Gasteiger charge is -2.32. The third kappa shape index (κ3) is 27.1. The average molecular weight is 1320 g/mol. The van der Waals surface area contributed by atoms with Crippen molar-refractivity contribution in [2.45, 2.75) is 88.5 Å². The molecule has 1 aromatic carbocycles. The number of carboxylic acids is 3. The van der Waals surface area contributed by atoms with E-state index in [1.54, 1.807) is 25.7 Å². The number of alkyl halides is 5. The second-order valence-corrected chi connectivity index (χ2v) is 21.5. The first-order valence-electron chi connectivity index (χ1n) is 27.3. The van der Waals surface area contributed by atoms with E-state index < -0.39 is 128 Å². The third-order valence-electron chi connectivity index (χ3n) is 13.5. The predicted octanol–water partition coefficient (Wildman–Crippen LogP) is 0.0930. The van der Waals surface area contributed by atoms with E-state index >= 15 is 0 Å². The van der Waals surface area contributed by atoms with Gasteiger partial charge in [-0.1, -0.05) is 12.1 Å². The summed E-state index contributed by atoms with van der Waals surface area (Å²) in [6.07, 6.45) is -4.62. The number of aromatic nitrogens is 1. The fourth-order valence-corrected chi connectivity index (χ4v) is 9.40. The lowest BCUT2D eigenvalue weighted by molar-refractivity contribution is -0.140. The van der Waals surface area contributed by atoms with Crippen molar-refractivity contribution in [2.75, 3.05) is 111 Å². The molecule has 26 nitrogen and oxygen atoms in total. The van der Waals surface area contributed by atoms with Crippen LogP contribution in [0, 0.1) is 14.9 Å². The minimum atomic E-state index is -5.12. The highest BCUT2D eigenvalue weighted by Crippen LogP contribution is 2.33. The number of nitrogens with one attached hydrogen (secondary N) is 6. The molecular weight excluding hydrogens is 1250 g/mol. The number of pyridine rings is 1. The molecule has 0 saturated carbocycles.